The van der Waals surface area contributed by atoms with Crippen LogP contribution in [0.15, 0.2) is 0 Å². The first-order valence-electron chi connectivity index (χ1n) is 5.25. The molecule has 1 saturated heterocycles. The predicted octanol–water partition coefficient (Wildman–Crippen LogP) is -0.811. The molecule has 15 heavy (non-hydrogen) atoms. The Morgan fingerprint density at radius 1 is 1.60 bits per heavy atom. The number of carbonyl (C=O) groups is 2. The fourth-order valence-electron chi connectivity index (χ4n) is 1.64. The minimum Gasteiger partial charge on any atom is -0.353 e. The van der Waals surface area contributed by atoms with Crippen LogP contribution in [0, 0.1) is 5.92 Å². The number of nitrogens with one attached hydrogen (secondary N) is 2. The summed E-state index contributed by atoms with van der Waals surface area (Å²) in [5, 5.41) is 5.59. The summed E-state index contributed by atoms with van der Waals surface area (Å²) in [7, 11) is 1.79. The lowest BCUT2D eigenvalue weighted by atomic mass is 10.1. The van der Waals surface area contributed by atoms with Gasteiger partial charge in [0.1, 0.15) is 6.04 Å². The summed E-state index contributed by atoms with van der Waals surface area (Å²) in [6.07, 6.45) is 0. The van der Waals surface area contributed by atoms with E-state index in [4.69, 9.17) is 0 Å². The molecule has 5 heteroatoms. The molecule has 1 unspecified atom stereocenters. The first-order chi connectivity index (χ1) is 7.00. The molecule has 0 radical (unpaired) electrons. The van der Waals surface area contributed by atoms with Crippen LogP contribution in [0.2, 0.25) is 0 Å². The Morgan fingerprint density at radius 3 is 2.73 bits per heavy atom. The van der Waals surface area contributed by atoms with Crippen molar-refractivity contribution in [2.75, 3.05) is 26.7 Å². The molecule has 1 aliphatic heterocycles. The lowest BCUT2D eigenvalue weighted by Gasteiger charge is -2.28. The van der Waals surface area contributed by atoms with Gasteiger partial charge in [-0.1, -0.05) is 13.8 Å². The molecule has 0 aliphatic carbocycles. The standard InChI is InChI=1S/C10H19N3O2/c1-7(2)6-13(3)10(15)8-4-12-9(14)5-11-8/h7-8,11H,4-6H2,1-3H3,(H,12,14). The van der Waals surface area contributed by atoms with Gasteiger partial charge >= 0.3 is 0 Å². The van der Waals surface area contributed by atoms with Crippen molar-refractivity contribution in [3.8, 4) is 0 Å². The molecule has 0 bridgehead atoms. The maximum Gasteiger partial charge on any atom is 0.241 e. The van der Waals surface area contributed by atoms with E-state index in [0.717, 1.165) is 6.54 Å². The Labute approximate surface area is 90.2 Å². The number of nitrogens with zero attached hydrogens (tertiary/aromatic N) is 1. The Hall–Kier alpha value is -1.10. The van der Waals surface area contributed by atoms with Gasteiger partial charge in [-0.25, -0.2) is 0 Å². The fourth-order valence-corrected chi connectivity index (χ4v) is 1.64. The zero-order chi connectivity index (χ0) is 11.4. The van der Waals surface area contributed by atoms with E-state index in [2.05, 4.69) is 24.5 Å². The maximum atomic E-state index is 11.9. The first-order valence-corrected chi connectivity index (χ1v) is 5.25. The van der Waals surface area contributed by atoms with Crippen LogP contribution in [-0.4, -0.2) is 49.4 Å². The molecular weight excluding hydrogens is 194 g/mol. The summed E-state index contributed by atoms with van der Waals surface area (Å²) in [5.41, 5.74) is 0. The lowest BCUT2D eigenvalue weighted by Crippen LogP contribution is -2.58. The number of carbonyl (C=O) groups excluding carboxylic acids is 2. The van der Waals surface area contributed by atoms with E-state index in [9.17, 15) is 9.59 Å². The number of hydrogen-bond acceptors (Lipinski definition) is 3. The van der Waals surface area contributed by atoms with Crippen molar-refractivity contribution in [3.05, 3.63) is 0 Å². The van der Waals surface area contributed by atoms with Crippen LogP contribution in [0.5, 0.6) is 0 Å². The number of rotatable bonds is 3. The fraction of sp³-hybridized carbons (Fsp3) is 0.800. The molecule has 0 aromatic heterocycles. The largest absolute Gasteiger partial charge is 0.353 e. The third kappa shape index (κ3) is 3.51. The quantitative estimate of drug-likeness (QED) is 0.644. The van der Waals surface area contributed by atoms with E-state index < -0.39 is 0 Å². The van der Waals surface area contributed by atoms with Crippen LogP contribution >= 0.6 is 0 Å². The van der Waals surface area contributed by atoms with Crippen molar-refractivity contribution in [1.29, 1.82) is 0 Å². The molecule has 0 aromatic carbocycles. The maximum absolute atomic E-state index is 11.9. The highest BCUT2D eigenvalue weighted by Crippen LogP contribution is 2.00. The van der Waals surface area contributed by atoms with Crippen LogP contribution in [-0.2, 0) is 9.59 Å². The molecule has 0 saturated carbocycles. The van der Waals surface area contributed by atoms with Crippen LogP contribution < -0.4 is 10.6 Å². The van der Waals surface area contributed by atoms with Crippen molar-refractivity contribution in [3.63, 3.8) is 0 Å². The molecule has 5 nitrogen and oxygen atoms in total. The Bertz CT molecular complexity index is 243. The van der Waals surface area contributed by atoms with E-state index in [1.165, 1.54) is 0 Å². The molecule has 86 valence electrons. The van der Waals surface area contributed by atoms with Crippen molar-refractivity contribution < 1.29 is 9.59 Å². The summed E-state index contributed by atoms with van der Waals surface area (Å²) in [4.78, 5) is 24.4. The highest BCUT2D eigenvalue weighted by molar-refractivity contribution is 5.86. The molecular formula is C10H19N3O2. The predicted molar refractivity (Wildman–Crippen MR) is 57.3 cm³/mol. The lowest BCUT2D eigenvalue weighted by molar-refractivity contribution is -0.134. The topological polar surface area (TPSA) is 61.4 Å². The SMILES string of the molecule is CC(C)CN(C)C(=O)C1CNC(=O)CN1. The zero-order valence-corrected chi connectivity index (χ0v) is 9.54. The molecule has 1 heterocycles. The zero-order valence-electron chi connectivity index (χ0n) is 9.54. The molecule has 1 aliphatic rings. The molecule has 0 aromatic rings. The minimum absolute atomic E-state index is 0.0451. The van der Waals surface area contributed by atoms with Gasteiger partial charge in [0.05, 0.1) is 6.54 Å². The average molecular weight is 213 g/mol. The van der Waals surface area contributed by atoms with Gasteiger partial charge in [0.2, 0.25) is 11.8 Å². The van der Waals surface area contributed by atoms with Gasteiger partial charge in [-0.05, 0) is 5.92 Å². The van der Waals surface area contributed by atoms with E-state index in [1.54, 1.807) is 11.9 Å². The van der Waals surface area contributed by atoms with Gasteiger partial charge in [0.15, 0.2) is 0 Å². The van der Waals surface area contributed by atoms with Crippen LogP contribution in [0.25, 0.3) is 0 Å². The second kappa shape index (κ2) is 5.11. The van der Waals surface area contributed by atoms with E-state index >= 15 is 0 Å². The monoisotopic (exact) mass is 213 g/mol. The summed E-state index contributed by atoms with van der Waals surface area (Å²) in [5.74, 6) is 0.450. The van der Waals surface area contributed by atoms with Crippen molar-refractivity contribution >= 4 is 11.8 Å². The minimum atomic E-state index is -0.272. The second-order valence-corrected chi connectivity index (χ2v) is 4.35. The molecule has 2 N–H and O–H groups in total. The molecule has 1 atom stereocenters. The summed E-state index contributed by atoms with van der Waals surface area (Å²) in [6.45, 7) is 5.50. The van der Waals surface area contributed by atoms with Crippen LogP contribution in [0.1, 0.15) is 13.8 Å². The van der Waals surface area contributed by atoms with Crippen LogP contribution in [0.3, 0.4) is 0 Å². The Balaban J connectivity index is 2.42. The van der Waals surface area contributed by atoms with Gasteiger partial charge in [-0.15, -0.1) is 0 Å². The van der Waals surface area contributed by atoms with E-state index in [0.29, 0.717) is 12.5 Å². The Morgan fingerprint density at radius 2 is 2.27 bits per heavy atom. The summed E-state index contributed by atoms with van der Waals surface area (Å²) < 4.78 is 0. The van der Waals surface area contributed by atoms with Gasteiger partial charge in [-0.3, -0.25) is 14.9 Å². The third-order valence-corrected chi connectivity index (χ3v) is 2.33. The third-order valence-electron chi connectivity index (χ3n) is 2.33. The second-order valence-electron chi connectivity index (χ2n) is 4.35. The number of hydrogen-bond donors (Lipinski definition) is 2. The molecule has 0 spiro atoms. The van der Waals surface area contributed by atoms with Gasteiger partial charge < -0.3 is 10.2 Å². The highest BCUT2D eigenvalue weighted by Gasteiger charge is 2.26. The molecule has 1 fully saturated rings. The average Bonchev–Trinajstić information content (AvgIpc) is 2.17. The summed E-state index contributed by atoms with van der Waals surface area (Å²) >= 11 is 0. The molecule has 1 rings (SSSR count). The number of piperazine rings is 1. The normalized spacial score (nSPS) is 21.3. The number of amides is 2. The van der Waals surface area contributed by atoms with Crippen molar-refractivity contribution in [2.24, 2.45) is 5.92 Å². The first kappa shape index (κ1) is 12.0. The summed E-state index contributed by atoms with van der Waals surface area (Å²) in [6, 6.07) is -0.272. The highest BCUT2D eigenvalue weighted by atomic mass is 16.2. The smallest absolute Gasteiger partial charge is 0.241 e. The van der Waals surface area contributed by atoms with Crippen LogP contribution in [0.4, 0.5) is 0 Å². The number of likely N-dealkylation sites (N-methyl/N-ethyl adjacent to an activating group) is 1. The van der Waals surface area contributed by atoms with E-state index in [1.807, 2.05) is 0 Å². The van der Waals surface area contributed by atoms with Gasteiger partial charge in [0.25, 0.3) is 0 Å². The van der Waals surface area contributed by atoms with Gasteiger partial charge in [0, 0.05) is 20.1 Å². The van der Waals surface area contributed by atoms with Crippen molar-refractivity contribution in [2.45, 2.75) is 19.9 Å². The van der Waals surface area contributed by atoms with Crippen molar-refractivity contribution in [1.82, 2.24) is 15.5 Å². The molecule has 2 amide bonds. The van der Waals surface area contributed by atoms with E-state index in [-0.39, 0.29) is 24.4 Å². The Kier molecular flexibility index (Phi) is 4.08. The van der Waals surface area contributed by atoms with Gasteiger partial charge in [-0.2, -0.15) is 0 Å².